The average Bonchev–Trinajstić information content (AvgIpc) is 2.53. The van der Waals surface area contributed by atoms with Gasteiger partial charge in [-0.2, -0.15) is 0 Å². The zero-order valence-electron chi connectivity index (χ0n) is 14.7. The molecule has 0 aromatic heterocycles. The molecule has 2 rings (SSSR count). The fourth-order valence-electron chi connectivity index (χ4n) is 2.74. The van der Waals surface area contributed by atoms with Gasteiger partial charge in [0.15, 0.2) is 0 Å². The molecule has 2 atom stereocenters. The minimum atomic E-state index is -0.138. The van der Waals surface area contributed by atoms with Crippen LogP contribution in [0.2, 0.25) is 0 Å². The van der Waals surface area contributed by atoms with Crippen LogP contribution in [0, 0.1) is 0 Å². The third-order valence-corrected chi connectivity index (χ3v) is 4.53. The van der Waals surface area contributed by atoms with Crippen LogP contribution in [0.15, 0.2) is 45.1 Å². The summed E-state index contributed by atoms with van der Waals surface area (Å²) in [6.07, 6.45) is 9.50. The Labute approximate surface area is 134 Å². The monoisotopic (exact) mass is 300 g/mol. The van der Waals surface area contributed by atoms with Crippen molar-refractivity contribution < 1.29 is 4.74 Å². The number of ether oxygens (including phenoxy) is 1. The normalized spacial score (nSPS) is 27.5. The molecule has 0 saturated carbocycles. The van der Waals surface area contributed by atoms with Gasteiger partial charge in [-0.3, -0.25) is 9.98 Å². The second kappa shape index (κ2) is 6.64. The van der Waals surface area contributed by atoms with Crippen molar-refractivity contribution in [3.8, 4) is 0 Å². The van der Waals surface area contributed by atoms with Crippen molar-refractivity contribution >= 4 is 11.4 Å². The second-order valence-corrected chi connectivity index (χ2v) is 6.28. The molecule has 2 aliphatic rings. The molecule has 22 heavy (non-hydrogen) atoms. The molecule has 0 N–H and O–H groups in total. The highest BCUT2D eigenvalue weighted by Gasteiger charge is 2.31. The van der Waals surface area contributed by atoms with E-state index in [-0.39, 0.29) is 5.54 Å². The number of hydrogen-bond donors (Lipinski definition) is 0. The van der Waals surface area contributed by atoms with Gasteiger partial charge in [0, 0.05) is 17.7 Å². The maximum absolute atomic E-state index is 5.62. The summed E-state index contributed by atoms with van der Waals surface area (Å²) in [5.41, 5.74) is 4.35. The molecule has 0 amide bonds. The third-order valence-electron chi connectivity index (χ3n) is 4.53. The Morgan fingerprint density at radius 3 is 2.55 bits per heavy atom. The lowest BCUT2D eigenvalue weighted by atomic mass is 9.83. The molecule has 0 saturated heterocycles. The Balaban J connectivity index is 2.53. The van der Waals surface area contributed by atoms with Crippen molar-refractivity contribution in [1.82, 2.24) is 0 Å². The van der Waals surface area contributed by atoms with Crippen LogP contribution in [0.4, 0.5) is 0 Å². The molecule has 1 heterocycles. The lowest BCUT2D eigenvalue weighted by molar-refractivity contribution is 0.314. The van der Waals surface area contributed by atoms with Gasteiger partial charge >= 0.3 is 0 Å². The van der Waals surface area contributed by atoms with Gasteiger partial charge in [-0.1, -0.05) is 26.8 Å². The Bertz CT molecular complexity index is 593. The topological polar surface area (TPSA) is 34.0 Å². The van der Waals surface area contributed by atoms with E-state index in [0.29, 0.717) is 6.04 Å². The fraction of sp³-hybridized carbons (Fsp3) is 0.579. The first-order chi connectivity index (χ1) is 10.5. The molecular weight excluding hydrogens is 272 g/mol. The first kappa shape index (κ1) is 16.7. The predicted molar refractivity (Wildman–Crippen MR) is 94.9 cm³/mol. The van der Waals surface area contributed by atoms with E-state index in [4.69, 9.17) is 14.7 Å². The fourth-order valence-corrected chi connectivity index (χ4v) is 2.74. The number of hydrogen-bond acceptors (Lipinski definition) is 3. The second-order valence-electron chi connectivity index (χ2n) is 6.28. The maximum atomic E-state index is 5.62. The average molecular weight is 300 g/mol. The van der Waals surface area contributed by atoms with E-state index in [1.807, 2.05) is 6.08 Å². The van der Waals surface area contributed by atoms with E-state index < -0.39 is 0 Å². The summed E-state index contributed by atoms with van der Waals surface area (Å²) in [7, 11) is 1.71. The maximum Gasteiger partial charge on any atom is 0.146 e. The predicted octanol–water partition coefficient (Wildman–Crippen LogP) is 4.66. The number of rotatable bonds is 5. The summed E-state index contributed by atoms with van der Waals surface area (Å²) >= 11 is 0. The Hall–Kier alpha value is -1.64. The largest absolute Gasteiger partial charge is 0.494 e. The molecule has 0 spiro atoms. The molecule has 2 unspecified atom stereocenters. The summed E-state index contributed by atoms with van der Waals surface area (Å²) in [4.78, 5) is 9.73. The number of dihydropyridines is 1. The van der Waals surface area contributed by atoms with Crippen molar-refractivity contribution in [3.63, 3.8) is 0 Å². The molecular formula is C19H28N2O. The highest BCUT2D eigenvalue weighted by Crippen LogP contribution is 2.34. The van der Waals surface area contributed by atoms with E-state index in [1.165, 1.54) is 11.1 Å². The van der Waals surface area contributed by atoms with E-state index in [2.05, 4.69) is 46.8 Å². The molecule has 120 valence electrons. The molecule has 1 aliphatic heterocycles. The summed E-state index contributed by atoms with van der Waals surface area (Å²) in [6, 6.07) is 0.318. The van der Waals surface area contributed by atoms with Crippen molar-refractivity contribution in [2.24, 2.45) is 9.98 Å². The molecule has 3 heteroatoms. The summed E-state index contributed by atoms with van der Waals surface area (Å²) < 4.78 is 5.62. The molecule has 3 nitrogen and oxygen atoms in total. The highest BCUT2D eigenvalue weighted by molar-refractivity contribution is 6.25. The molecule has 0 radical (unpaired) electrons. The van der Waals surface area contributed by atoms with Crippen LogP contribution in [0.1, 0.15) is 53.9 Å². The summed E-state index contributed by atoms with van der Waals surface area (Å²) in [6.45, 7) is 10.9. The SMILES string of the molecule is CCC1=CC(C)(CC)N=C2C(OC)=CC(=NC(C)CC)C=C12. The smallest absolute Gasteiger partial charge is 0.146 e. The summed E-state index contributed by atoms with van der Waals surface area (Å²) in [5.74, 6) is 0.832. The van der Waals surface area contributed by atoms with E-state index in [1.54, 1.807) is 7.11 Å². The molecule has 0 bridgehead atoms. The van der Waals surface area contributed by atoms with Gasteiger partial charge in [0.2, 0.25) is 0 Å². The highest BCUT2D eigenvalue weighted by atomic mass is 16.5. The Kier molecular flexibility index (Phi) is 5.05. The molecule has 0 aromatic carbocycles. The number of aliphatic imine (C=N–C) groups is 2. The first-order valence-electron chi connectivity index (χ1n) is 8.34. The number of nitrogens with zero attached hydrogens (tertiary/aromatic N) is 2. The number of methoxy groups -OCH3 is 1. The Morgan fingerprint density at radius 1 is 1.27 bits per heavy atom. The molecule has 0 fully saturated rings. The van der Waals surface area contributed by atoms with Crippen LogP contribution in [-0.2, 0) is 4.74 Å². The van der Waals surface area contributed by atoms with Crippen molar-refractivity contribution in [2.75, 3.05) is 7.11 Å². The first-order valence-corrected chi connectivity index (χ1v) is 8.34. The quantitative estimate of drug-likeness (QED) is 0.680. The lowest BCUT2D eigenvalue weighted by Crippen LogP contribution is -2.30. The van der Waals surface area contributed by atoms with Crippen molar-refractivity contribution in [3.05, 3.63) is 35.1 Å². The zero-order chi connectivity index (χ0) is 16.3. The minimum Gasteiger partial charge on any atom is -0.494 e. The molecule has 0 aromatic rings. The molecule has 1 aliphatic carbocycles. The van der Waals surface area contributed by atoms with Crippen LogP contribution in [0.5, 0.6) is 0 Å². The lowest BCUT2D eigenvalue weighted by Gasteiger charge is -2.31. The van der Waals surface area contributed by atoms with Crippen molar-refractivity contribution in [1.29, 1.82) is 0 Å². The van der Waals surface area contributed by atoms with Gasteiger partial charge in [0.25, 0.3) is 0 Å². The summed E-state index contributed by atoms with van der Waals surface area (Å²) in [5, 5.41) is 0. The van der Waals surface area contributed by atoms with Crippen LogP contribution < -0.4 is 0 Å². The van der Waals surface area contributed by atoms with Gasteiger partial charge in [-0.15, -0.1) is 0 Å². The standard InChI is InChI=1S/C19H28N2O/c1-7-13(4)20-15-10-16-14(8-2)12-19(5,9-3)21-18(16)17(11-15)22-6/h10-13H,7-9H2,1-6H3. The van der Waals surface area contributed by atoms with Crippen LogP contribution in [0.3, 0.4) is 0 Å². The van der Waals surface area contributed by atoms with Gasteiger partial charge in [0.1, 0.15) is 11.5 Å². The van der Waals surface area contributed by atoms with E-state index >= 15 is 0 Å². The van der Waals surface area contributed by atoms with Gasteiger partial charge < -0.3 is 4.74 Å². The van der Waals surface area contributed by atoms with Crippen LogP contribution in [0.25, 0.3) is 0 Å². The van der Waals surface area contributed by atoms with Crippen LogP contribution >= 0.6 is 0 Å². The van der Waals surface area contributed by atoms with Gasteiger partial charge in [-0.05, 0) is 44.8 Å². The third kappa shape index (κ3) is 3.23. The minimum absolute atomic E-state index is 0.138. The van der Waals surface area contributed by atoms with E-state index in [0.717, 1.165) is 36.4 Å². The van der Waals surface area contributed by atoms with Gasteiger partial charge in [-0.25, -0.2) is 0 Å². The van der Waals surface area contributed by atoms with E-state index in [9.17, 15) is 0 Å². The van der Waals surface area contributed by atoms with Gasteiger partial charge in [0.05, 0.1) is 18.4 Å². The zero-order valence-corrected chi connectivity index (χ0v) is 14.7. The van der Waals surface area contributed by atoms with Crippen LogP contribution in [-0.4, -0.2) is 30.1 Å². The number of allylic oxidation sites excluding steroid dienone is 4. The van der Waals surface area contributed by atoms with Crippen molar-refractivity contribution in [2.45, 2.75) is 65.5 Å². The number of fused-ring (bicyclic) bond motifs is 1. The Morgan fingerprint density at radius 2 is 2.00 bits per heavy atom.